The molecule has 1 atom stereocenters. The van der Waals surface area contributed by atoms with E-state index in [0.29, 0.717) is 41.7 Å². The van der Waals surface area contributed by atoms with E-state index in [4.69, 9.17) is 25.8 Å². The summed E-state index contributed by atoms with van der Waals surface area (Å²) in [6.45, 7) is 2.68. The molecule has 1 aromatic heterocycles. The number of pyridine rings is 1. The molecule has 0 radical (unpaired) electrons. The second kappa shape index (κ2) is 14.0. The largest absolute Gasteiger partial charge is 0.492 e. The molecule has 7 nitrogen and oxygen atoms in total. The molecule has 1 amide bonds. The Kier molecular flexibility index (Phi) is 9.92. The van der Waals surface area contributed by atoms with Gasteiger partial charge >= 0.3 is 5.97 Å². The molecule has 1 unspecified atom stereocenters. The standard InChI is InChI=1S/C31H29ClN2O5/c1-2-37-31(36)29(39-27-16-12-25(32)13-17-27)21-22-6-14-26(15-7-22)38-20-19-34-30(35)24-10-8-23(9-11-24)28-5-3-4-18-33-28/h3-18,29H,2,19-21H2,1H3,(H,34,35). The molecule has 0 bridgehead atoms. The molecule has 0 saturated carbocycles. The predicted octanol–water partition coefficient (Wildman–Crippen LogP) is 5.76. The monoisotopic (exact) mass is 544 g/mol. The lowest BCUT2D eigenvalue weighted by atomic mass is 10.1. The lowest BCUT2D eigenvalue weighted by molar-refractivity contribution is -0.151. The van der Waals surface area contributed by atoms with Gasteiger partial charge in [0.15, 0.2) is 6.10 Å². The normalized spacial score (nSPS) is 11.3. The van der Waals surface area contributed by atoms with Crippen molar-refractivity contribution in [3.8, 4) is 22.8 Å². The number of hydrogen-bond donors (Lipinski definition) is 1. The van der Waals surface area contributed by atoms with Crippen molar-refractivity contribution >= 4 is 23.5 Å². The zero-order chi connectivity index (χ0) is 27.5. The molecule has 0 aliphatic rings. The molecule has 39 heavy (non-hydrogen) atoms. The molecule has 1 heterocycles. The van der Waals surface area contributed by atoms with Crippen molar-refractivity contribution in [1.29, 1.82) is 0 Å². The van der Waals surface area contributed by atoms with Crippen molar-refractivity contribution in [2.45, 2.75) is 19.4 Å². The van der Waals surface area contributed by atoms with E-state index < -0.39 is 12.1 Å². The summed E-state index contributed by atoms with van der Waals surface area (Å²) in [5, 5.41) is 3.44. The van der Waals surface area contributed by atoms with Crippen molar-refractivity contribution < 1.29 is 23.8 Å². The summed E-state index contributed by atoms with van der Waals surface area (Å²) < 4.78 is 16.8. The van der Waals surface area contributed by atoms with Gasteiger partial charge in [-0.05, 0) is 73.2 Å². The number of aromatic nitrogens is 1. The van der Waals surface area contributed by atoms with E-state index in [1.54, 1.807) is 49.5 Å². The lowest BCUT2D eigenvalue weighted by Gasteiger charge is -2.18. The number of carbonyl (C=O) groups is 2. The van der Waals surface area contributed by atoms with Crippen LogP contribution >= 0.6 is 11.6 Å². The van der Waals surface area contributed by atoms with Crippen LogP contribution in [0.2, 0.25) is 5.02 Å². The zero-order valence-electron chi connectivity index (χ0n) is 21.5. The number of amides is 1. The minimum Gasteiger partial charge on any atom is -0.492 e. The molecule has 0 fully saturated rings. The number of esters is 1. The van der Waals surface area contributed by atoms with Gasteiger partial charge in [0.05, 0.1) is 18.8 Å². The van der Waals surface area contributed by atoms with Gasteiger partial charge in [0.2, 0.25) is 0 Å². The topological polar surface area (TPSA) is 86.8 Å². The third-order valence-corrected chi connectivity index (χ3v) is 6.00. The number of hydrogen-bond acceptors (Lipinski definition) is 6. The van der Waals surface area contributed by atoms with Gasteiger partial charge in [0.1, 0.15) is 18.1 Å². The minimum atomic E-state index is -0.800. The Morgan fingerprint density at radius 3 is 2.28 bits per heavy atom. The minimum absolute atomic E-state index is 0.174. The fourth-order valence-electron chi connectivity index (χ4n) is 3.78. The van der Waals surface area contributed by atoms with Crippen molar-refractivity contribution in [1.82, 2.24) is 10.3 Å². The van der Waals surface area contributed by atoms with Gasteiger partial charge in [-0.2, -0.15) is 0 Å². The Labute approximate surface area is 232 Å². The van der Waals surface area contributed by atoms with E-state index in [9.17, 15) is 9.59 Å². The summed E-state index contributed by atoms with van der Waals surface area (Å²) in [5.41, 5.74) is 3.26. The van der Waals surface area contributed by atoms with Crippen LogP contribution in [0.3, 0.4) is 0 Å². The van der Waals surface area contributed by atoms with Crippen molar-refractivity contribution in [2.24, 2.45) is 0 Å². The van der Waals surface area contributed by atoms with Crippen molar-refractivity contribution in [3.63, 3.8) is 0 Å². The number of rotatable bonds is 12. The maximum atomic E-state index is 12.5. The van der Waals surface area contributed by atoms with E-state index in [0.717, 1.165) is 16.8 Å². The molecule has 0 spiro atoms. The number of halogens is 1. The summed E-state index contributed by atoms with van der Waals surface area (Å²) in [6, 6.07) is 27.2. The number of benzene rings is 3. The number of nitrogens with zero attached hydrogens (tertiary/aromatic N) is 1. The molecule has 3 aromatic carbocycles. The van der Waals surface area contributed by atoms with Crippen LogP contribution in [0, 0.1) is 0 Å². The predicted molar refractivity (Wildman–Crippen MR) is 150 cm³/mol. The van der Waals surface area contributed by atoms with Gasteiger partial charge < -0.3 is 19.5 Å². The molecule has 200 valence electrons. The van der Waals surface area contributed by atoms with E-state index in [2.05, 4.69) is 10.3 Å². The van der Waals surface area contributed by atoms with Gasteiger partial charge in [0, 0.05) is 28.8 Å². The van der Waals surface area contributed by atoms with E-state index in [-0.39, 0.29) is 12.5 Å². The average molecular weight is 545 g/mol. The number of ether oxygens (including phenoxy) is 3. The summed E-state index contributed by atoms with van der Waals surface area (Å²) >= 11 is 5.94. The molecule has 1 N–H and O–H groups in total. The zero-order valence-corrected chi connectivity index (χ0v) is 22.3. The highest BCUT2D eigenvalue weighted by Crippen LogP contribution is 2.20. The third-order valence-electron chi connectivity index (χ3n) is 5.75. The van der Waals surface area contributed by atoms with E-state index in [1.807, 2.05) is 54.6 Å². The van der Waals surface area contributed by atoms with Gasteiger partial charge in [-0.1, -0.05) is 41.9 Å². The quantitative estimate of drug-likeness (QED) is 0.180. The van der Waals surface area contributed by atoms with E-state index in [1.165, 1.54) is 0 Å². The van der Waals surface area contributed by atoms with Crippen LogP contribution in [0.1, 0.15) is 22.8 Å². The van der Waals surface area contributed by atoms with Crippen LogP contribution in [-0.2, 0) is 16.0 Å². The van der Waals surface area contributed by atoms with Crippen LogP contribution < -0.4 is 14.8 Å². The molecule has 4 rings (SSSR count). The summed E-state index contributed by atoms with van der Waals surface area (Å²) in [7, 11) is 0. The molecular weight excluding hydrogens is 516 g/mol. The van der Waals surface area contributed by atoms with Gasteiger partial charge in [-0.15, -0.1) is 0 Å². The second-order valence-electron chi connectivity index (χ2n) is 8.56. The van der Waals surface area contributed by atoms with E-state index >= 15 is 0 Å². The van der Waals surface area contributed by atoms with Crippen molar-refractivity contribution in [2.75, 3.05) is 19.8 Å². The average Bonchev–Trinajstić information content (AvgIpc) is 2.97. The Balaban J connectivity index is 1.24. The lowest BCUT2D eigenvalue weighted by Crippen LogP contribution is -2.31. The number of carbonyl (C=O) groups excluding carboxylic acids is 2. The molecule has 4 aromatic rings. The van der Waals surface area contributed by atoms with Crippen LogP contribution in [0.15, 0.2) is 97.2 Å². The van der Waals surface area contributed by atoms with Crippen LogP contribution in [-0.4, -0.2) is 42.7 Å². The Bertz CT molecular complexity index is 1340. The molecule has 0 aliphatic heterocycles. The first-order valence-corrected chi connectivity index (χ1v) is 13.0. The first kappa shape index (κ1) is 27.7. The maximum Gasteiger partial charge on any atom is 0.347 e. The summed E-state index contributed by atoms with van der Waals surface area (Å²) in [5.74, 6) is 0.574. The highest BCUT2D eigenvalue weighted by atomic mass is 35.5. The fourth-order valence-corrected chi connectivity index (χ4v) is 3.91. The highest BCUT2D eigenvalue weighted by Gasteiger charge is 2.22. The summed E-state index contributed by atoms with van der Waals surface area (Å²) in [6.07, 6.45) is 1.27. The molecule has 0 saturated heterocycles. The van der Waals surface area contributed by atoms with Gasteiger partial charge in [-0.25, -0.2) is 4.79 Å². The van der Waals surface area contributed by atoms with Crippen molar-refractivity contribution in [3.05, 3.63) is 113 Å². The van der Waals surface area contributed by atoms with Gasteiger partial charge in [0.25, 0.3) is 5.91 Å². The molecular formula is C31H29ClN2O5. The van der Waals surface area contributed by atoms with Crippen LogP contribution in [0.5, 0.6) is 11.5 Å². The molecule has 8 heteroatoms. The van der Waals surface area contributed by atoms with Crippen LogP contribution in [0.4, 0.5) is 0 Å². The molecule has 0 aliphatic carbocycles. The second-order valence-corrected chi connectivity index (χ2v) is 8.99. The Morgan fingerprint density at radius 1 is 0.897 bits per heavy atom. The van der Waals surface area contributed by atoms with Gasteiger partial charge in [-0.3, -0.25) is 9.78 Å². The fraction of sp³-hybridized carbons (Fsp3) is 0.194. The Hall–Kier alpha value is -4.36. The summed E-state index contributed by atoms with van der Waals surface area (Å²) in [4.78, 5) is 29.2. The first-order valence-electron chi connectivity index (χ1n) is 12.6. The number of nitrogens with one attached hydrogen (secondary N) is 1. The maximum absolute atomic E-state index is 12.5. The Morgan fingerprint density at radius 2 is 1.62 bits per heavy atom. The highest BCUT2D eigenvalue weighted by molar-refractivity contribution is 6.30. The first-order chi connectivity index (χ1) is 19.0. The smallest absolute Gasteiger partial charge is 0.347 e. The third kappa shape index (κ3) is 8.32. The SMILES string of the molecule is CCOC(=O)C(Cc1ccc(OCCNC(=O)c2ccc(-c3ccccn3)cc2)cc1)Oc1ccc(Cl)cc1. The van der Waals surface area contributed by atoms with Crippen LogP contribution in [0.25, 0.3) is 11.3 Å².